The van der Waals surface area contributed by atoms with Gasteiger partial charge in [-0.1, -0.05) is 0 Å². The van der Waals surface area contributed by atoms with Crippen LogP contribution in [0.1, 0.15) is 0 Å². The fraction of sp³-hybridized carbons (Fsp3) is 1.00. The number of hydrogen-bond acceptors (Lipinski definition) is 10. The van der Waals surface area contributed by atoms with Gasteiger partial charge in [0.25, 0.3) is 0 Å². The van der Waals surface area contributed by atoms with Gasteiger partial charge in [-0.2, -0.15) is 0 Å². The SMILES string of the molecule is OC[C@H]1O[C@H](CO)[C@@H](O)[C@@H]1O.OC[C@H]1O[C@H](CO)[C@@H](O)[C@@H]1O. The van der Waals surface area contributed by atoms with E-state index in [2.05, 4.69) is 0 Å². The Labute approximate surface area is 126 Å². The van der Waals surface area contributed by atoms with E-state index in [9.17, 15) is 0 Å². The van der Waals surface area contributed by atoms with Crippen LogP contribution >= 0.6 is 0 Å². The van der Waals surface area contributed by atoms with E-state index < -0.39 is 48.8 Å². The molecule has 0 aromatic carbocycles. The van der Waals surface area contributed by atoms with E-state index in [4.69, 9.17) is 50.3 Å². The minimum Gasteiger partial charge on any atom is -0.394 e. The van der Waals surface area contributed by atoms with Gasteiger partial charge in [0.15, 0.2) is 0 Å². The van der Waals surface area contributed by atoms with Crippen LogP contribution in [0.25, 0.3) is 0 Å². The maximum Gasteiger partial charge on any atom is 0.111 e. The topological polar surface area (TPSA) is 180 Å². The van der Waals surface area contributed by atoms with E-state index in [1.165, 1.54) is 0 Å². The van der Waals surface area contributed by atoms with Crippen molar-refractivity contribution in [3.05, 3.63) is 0 Å². The number of hydrogen-bond donors (Lipinski definition) is 8. The molecule has 0 saturated carbocycles. The third-order valence-electron chi connectivity index (χ3n) is 3.64. The average Bonchev–Trinajstić information content (AvgIpc) is 2.98. The minimum absolute atomic E-state index is 0.352. The smallest absolute Gasteiger partial charge is 0.111 e. The highest BCUT2D eigenvalue weighted by Gasteiger charge is 2.42. The number of aliphatic hydroxyl groups is 8. The monoisotopic (exact) mass is 328 g/mol. The molecule has 10 heteroatoms. The summed E-state index contributed by atoms with van der Waals surface area (Å²) in [5.41, 5.74) is 0. The standard InChI is InChI=1S/2C6H12O5/c2*7-1-3-5(9)6(10)4(2-8)11-3/h2*3-10H,1-2H2/t2*3-,4-,5-,6-/m11/s1. The first-order valence-electron chi connectivity index (χ1n) is 6.87. The molecule has 8 atom stereocenters. The van der Waals surface area contributed by atoms with Gasteiger partial charge in [-0.25, -0.2) is 0 Å². The molecule has 2 saturated heterocycles. The molecule has 0 bridgehead atoms. The van der Waals surface area contributed by atoms with Gasteiger partial charge >= 0.3 is 0 Å². The van der Waals surface area contributed by atoms with Crippen molar-refractivity contribution in [1.82, 2.24) is 0 Å². The highest BCUT2D eigenvalue weighted by Crippen LogP contribution is 2.20. The molecule has 0 spiro atoms. The Morgan fingerprint density at radius 2 is 0.636 bits per heavy atom. The molecule has 0 unspecified atom stereocenters. The lowest BCUT2D eigenvalue weighted by atomic mass is 10.1. The summed E-state index contributed by atoms with van der Waals surface area (Å²) in [7, 11) is 0. The van der Waals surface area contributed by atoms with Gasteiger partial charge in [0.2, 0.25) is 0 Å². The molecule has 2 aliphatic rings. The van der Waals surface area contributed by atoms with Crippen molar-refractivity contribution in [2.45, 2.75) is 48.8 Å². The zero-order chi connectivity index (χ0) is 16.9. The Morgan fingerprint density at radius 3 is 0.727 bits per heavy atom. The van der Waals surface area contributed by atoms with Crippen LogP contribution in [0.4, 0.5) is 0 Å². The molecule has 0 radical (unpaired) electrons. The highest BCUT2D eigenvalue weighted by atomic mass is 16.6. The number of ether oxygens (including phenoxy) is 2. The van der Waals surface area contributed by atoms with Gasteiger partial charge in [0.1, 0.15) is 48.8 Å². The Kier molecular flexibility index (Phi) is 8.07. The summed E-state index contributed by atoms with van der Waals surface area (Å²) in [6.07, 6.45) is -7.50. The zero-order valence-corrected chi connectivity index (χ0v) is 11.8. The number of rotatable bonds is 4. The molecular formula is C12H24O10. The van der Waals surface area contributed by atoms with Crippen molar-refractivity contribution in [2.24, 2.45) is 0 Å². The maximum atomic E-state index is 9.11. The molecule has 0 aliphatic carbocycles. The first-order valence-corrected chi connectivity index (χ1v) is 6.87. The van der Waals surface area contributed by atoms with E-state index in [1.807, 2.05) is 0 Å². The van der Waals surface area contributed by atoms with E-state index >= 15 is 0 Å². The summed E-state index contributed by atoms with van der Waals surface area (Å²) in [6, 6.07) is 0. The first-order chi connectivity index (χ1) is 10.4. The van der Waals surface area contributed by atoms with Crippen molar-refractivity contribution < 1.29 is 50.3 Å². The van der Waals surface area contributed by atoms with Gasteiger partial charge < -0.3 is 50.3 Å². The Hall–Kier alpha value is -0.400. The minimum atomic E-state index is -1.10. The molecular weight excluding hydrogens is 304 g/mol. The summed E-state index contributed by atoms with van der Waals surface area (Å²) in [6.45, 7) is -1.41. The van der Waals surface area contributed by atoms with E-state index in [0.717, 1.165) is 0 Å². The molecule has 0 amide bonds. The van der Waals surface area contributed by atoms with Crippen LogP contribution in [0.15, 0.2) is 0 Å². The molecule has 0 aromatic rings. The molecule has 2 fully saturated rings. The number of aliphatic hydroxyl groups excluding tert-OH is 8. The molecule has 0 aromatic heterocycles. The van der Waals surface area contributed by atoms with Crippen LogP contribution in [0, 0.1) is 0 Å². The Bertz CT molecular complexity index is 250. The first kappa shape index (κ1) is 19.6. The zero-order valence-electron chi connectivity index (χ0n) is 11.8. The maximum absolute atomic E-state index is 9.11. The third-order valence-corrected chi connectivity index (χ3v) is 3.64. The summed E-state index contributed by atoms with van der Waals surface area (Å²) < 4.78 is 9.77. The van der Waals surface area contributed by atoms with Gasteiger partial charge in [0.05, 0.1) is 26.4 Å². The van der Waals surface area contributed by atoms with Gasteiger partial charge in [-0.3, -0.25) is 0 Å². The van der Waals surface area contributed by atoms with Crippen molar-refractivity contribution in [2.75, 3.05) is 26.4 Å². The quantitative estimate of drug-likeness (QED) is 0.249. The lowest BCUT2D eigenvalue weighted by Gasteiger charge is -2.10. The van der Waals surface area contributed by atoms with E-state index in [-0.39, 0.29) is 26.4 Å². The highest BCUT2D eigenvalue weighted by molar-refractivity contribution is 4.90. The van der Waals surface area contributed by atoms with Crippen LogP contribution in [0.3, 0.4) is 0 Å². The summed E-state index contributed by atoms with van der Waals surface area (Å²) in [5.74, 6) is 0. The van der Waals surface area contributed by atoms with Crippen molar-refractivity contribution in [3.63, 3.8) is 0 Å². The predicted octanol–water partition coefficient (Wildman–Crippen LogP) is -5.08. The van der Waals surface area contributed by atoms with E-state index in [1.54, 1.807) is 0 Å². The fourth-order valence-electron chi connectivity index (χ4n) is 2.25. The van der Waals surface area contributed by atoms with Crippen LogP contribution in [0.2, 0.25) is 0 Å². The Morgan fingerprint density at radius 1 is 0.455 bits per heavy atom. The van der Waals surface area contributed by atoms with Gasteiger partial charge in [0, 0.05) is 0 Å². The second-order valence-corrected chi connectivity index (χ2v) is 5.12. The molecule has 132 valence electrons. The predicted molar refractivity (Wildman–Crippen MR) is 69.7 cm³/mol. The van der Waals surface area contributed by atoms with E-state index in [0.29, 0.717) is 0 Å². The lowest BCUT2D eigenvalue weighted by molar-refractivity contribution is -0.0395. The second-order valence-electron chi connectivity index (χ2n) is 5.12. The second kappa shape index (κ2) is 9.03. The average molecular weight is 328 g/mol. The Balaban J connectivity index is 0.000000220. The van der Waals surface area contributed by atoms with Crippen LogP contribution in [-0.2, 0) is 9.47 Å². The third kappa shape index (κ3) is 4.32. The molecule has 2 aliphatic heterocycles. The van der Waals surface area contributed by atoms with Gasteiger partial charge in [-0.15, -0.1) is 0 Å². The van der Waals surface area contributed by atoms with Gasteiger partial charge in [-0.05, 0) is 0 Å². The molecule has 2 rings (SSSR count). The summed E-state index contributed by atoms with van der Waals surface area (Å²) >= 11 is 0. The molecule has 8 N–H and O–H groups in total. The largest absolute Gasteiger partial charge is 0.394 e. The summed E-state index contributed by atoms with van der Waals surface area (Å²) in [5, 5.41) is 70.8. The van der Waals surface area contributed by atoms with Crippen molar-refractivity contribution >= 4 is 0 Å². The fourth-order valence-corrected chi connectivity index (χ4v) is 2.25. The van der Waals surface area contributed by atoms with Crippen molar-refractivity contribution in [1.29, 1.82) is 0 Å². The molecule has 10 nitrogen and oxygen atoms in total. The lowest BCUT2D eigenvalue weighted by Crippen LogP contribution is -2.34. The molecule has 2 heterocycles. The van der Waals surface area contributed by atoms with Crippen LogP contribution in [-0.4, -0.2) is 116 Å². The van der Waals surface area contributed by atoms with Crippen molar-refractivity contribution in [3.8, 4) is 0 Å². The van der Waals surface area contributed by atoms with Crippen LogP contribution < -0.4 is 0 Å². The normalized spacial score (nSPS) is 44.7. The van der Waals surface area contributed by atoms with Crippen LogP contribution in [0.5, 0.6) is 0 Å². The summed E-state index contributed by atoms with van der Waals surface area (Å²) in [4.78, 5) is 0. The molecule has 22 heavy (non-hydrogen) atoms.